The first-order valence-electron chi connectivity index (χ1n) is 6.83. The molecule has 106 valence electrons. The lowest BCUT2D eigenvalue weighted by Gasteiger charge is -2.32. The van der Waals surface area contributed by atoms with Crippen molar-refractivity contribution in [2.75, 3.05) is 0 Å². The fourth-order valence-electron chi connectivity index (χ4n) is 2.52. The van der Waals surface area contributed by atoms with Crippen molar-refractivity contribution < 1.29 is 9.47 Å². The molecule has 3 unspecified atom stereocenters. The van der Waals surface area contributed by atoms with Crippen molar-refractivity contribution >= 4 is 11.6 Å². The molecule has 0 spiro atoms. The summed E-state index contributed by atoms with van der Waals surface area (Å²) in [5, 5.41) is 0.626. The standard InChI is InChI=1S/C15H22ClNO2/c1-9-6-13(7-10(2)18-9)19-15-5-4-12(11(3)17)8-14(15)16/h4-5,8-11,13H,6-7,17H2,1-3H3. The van der Waals surface area contributed by atoms with Gasteiger partial charge in [-0.25, -0.2) is 0 Å². The van der Waals surface area contributed by atoms with E-state index < -0.39 is 0 Å². The van der Waals surface area contributed by atoms with Crippen LogP contribution in [0.1, 0.15) is 45.2 Å². The lowest BCUT2D eigenvalue weighted by Crippen LogP contribution is -2.35. The smallest absolute Gasteiger partial charge is 0.138 e. The highest BCUT2D eigenvalue weighted by atomic mass is 35.5. The highest BCUT2D eigenvalue weighted by Gasteiger charge is 2.26. The summed E-state index contributed by atoms with van der Waals surface area (Å²) in [5.41, 5.74) is 6.86. The number of ether oxygens (including phenoxy) is 2. The molecule has 1 aromatic rings. The Hall–Kier alpha value is -0.770. The minimum atomic E-state index is -0.0188. The number of rotatable bonds is 3. The molecule has 3 atom stereocenters. The molecular formula is C15H22ClNO2. The number of nitrogens with two attached hydrogens (primary N) is 1. The van der Waals surface area contributed by atoms with Crippen molar-refractivity contribution in [1.82, 2.24) is 0 Å². The highest BCUT2D eigenvalue weighted by molar-refractivity contribution is 6.32. The predicted octanol–water partition coefficient (Wildman–Crippen LogP) is 3.69. The number of benzene rings is 1. The van der Waals surface area contributed by atoms with Gasteiger partial charge in [0.2, 0.25) is 0 Å². The van der Waals surface area contributed by atoms with Crippen LogP contribution in [-0.4, -0.2) is 18.3 Å². The Morgan fingerprint density at radius 2 is 1.95 bits per heavy atom. The Morgan fingerprint density at radius 3 is 2.47 bits per heavy atom. The fourth-order valence-corrected chi connectivity index (χ4v) is 2.75. The Balaban J connectivity index is 2.06. The van der Waals surface area contributed by atoms with E-state index in [1.807, 2.05) is 25.1 Å². The molecule has 0 radical (unpaired) electrons. The van der Waals surface area contributed by atoms with Crippen LogP contribution >= 0.6 is 11.6 Å². The third kappa shape index (κ3) is 3.85. The van der Waals surface area contributed by atoms with E-state index in [0.29, 0.717) is 5.02 Å². The molecule has 0 aliphatic carbocycles. The molecular weight excluding hydrogens is 262 g/mol. The zero-order valence-corrected chi connectivity index (χ0v) is 12.5. The second-order valence-corrected chi connectivity index (χ2v) is 5.85. The summed E-state index contributed by atoms with van der Waals surface area (Å²) in [7, 11) is 0. The van der Waals surface area contributed by atoms with E-state index in [1.54, 1.807) is 0 Å². The molecule has 1 fully saturated rings. The van der Waals surface area contributed by atoms with E-state index in [1.165, 1.54) is 0 Å². The van der Waals surface area contributed by atoms with Crippen LogP contribution in [0.2, 0.25) is 5.02 Å². The summed E-state index contributed by atoms with van der Waals surface area (Å²) in [6.07, 6.45) is 2.43. The molecule has 3 nitrogen and oxygen atoms in total. The van der Waals surface area contributed by atoms with Crippen molar-refractivity contribution in [3.63, 3.8) is 0 Å². The maximum Gasteiger partial charge on any atom is 0.138 e. The summed E-state index contributed by atoms with van der Waals surface area (Å²) >= 11 is 6.25. The maximum absolute atomic E-state index is 6.25. The van der Waals surface area contributed by atoms with Crippen molar-refractivity contribution in [2.24, 2.45) is 5.73 Å². The molecule has 4 heteroatoms. The van der Waals surface area contributed by atoms with E-state index in [4.69, 9.17) is 26.8 Å². The summed E-state index contributed by atoms with van der Waals surface area (Å²) < 4.78 is 11.7. The van der Waals surface area contributed by atoms with Crippen LogP contribution in [-0.2, 0) is 4.74 Å². The van der Waals surface area contributed by atoms with Gasteiger partial charge in [0.15, 0.2) is 0 Å². The van der Waals surface area contributed by atoms with Crippen molar-refractivity contribution in [3.05, 3.63) is 28.8 Å². The molecule has 19 heavy (non-hydrogen) atoms. The monoisotopic (exact) mass is 283 g/mol. The second-order valence-electron chi connectivity index (χ2n) is 5.45. The first-order chi connectivity index (χ1) is 8.95. The molecule has 2 N–H and O–H groups in total. The number of hydrogen-bond donors (Lipinski definition) is 1. The van der Waals surface area contributed by atoms with Crippen LogP contribution in [0.25, 0.3) is 0 Å². The van der Waals surface area contributed by atoms with Gasteiger partial charge in [0.25, 0.3) is 0 Å². The Kier molecular flexibility index (Phi) is 4.71. The lowest BCUT2D eigenvalue weighted by atomic mass is 10.0. The van der Waals surface area contributed by atoms with E-state index >= 15 is 0 Å². The van der Waals surface area contributed by atoms with E-state index in [9.17, 15) is 0 Å². The van der Waals surface area contributed by atoms with E-state index in [2.05, 4.69) is 13.8 Å². The molecule has 1 heterocycles. The molecule has 1 aliphatic heterocycles. The van der Waals surface area contributed by atoms with Crippen LogP contribution in [0.15, 0.2) is 18.2 Å². The minimum absolute atomic E-state index is 0.0188. The Morgan fingerprint density at radius 1 is 1.32 bits per heavy atom. The predicted molar refractivity (Wildman–Crippen MR) is 77.7 cm³/mol. The van der Waals surface area contributed by atoms with Gasteiger partial charge in [-0.2, -0.15) is 0 Å². The highest BCUT2D eigenvalue weighted by Crippen LogP contribution is 2.31. The van der Waals surface area contributed by atoms with Gasteiger partial charge in [-0.05, 0) is 38.5 Å². The first kappa shape index (κ1) is 14.6. The van der Waals surface area contributed by atoms with Crippen molar-refractivity contribution in [1.29, 1.82) is 0 Å². The van der Waals surface area contributed by atoms with Crippen LogP contribution in [0.5, 0.6) is 5.75 Å². The van der Waals surface area contributed by atoms with Gasteiger partial charge in [-0.15, -0.1) is 0 Å². The van der Waals surface area contributed by atoms with Gasteiger partial charge in [0, 0.05) is 18.9 Å². The summed E-state index contributed by atoms with van der Waals surface area (Å²) in [5.74, 6) is 0.734. The Labute approximate surface area is 120 Å². The SMILES string of the molecule is CC1CC(Oc2ccc(C(C)N)cc2Cl)CC(C)O1. The Bertz CT molecular complexity index is 426. The van der Waals surface area contributed by atoms with E-state index in [-0.39, 0.29) is 24.4 Å². The van der Waals surface area contributed by atoms with Gasteiger partial charge in [0.1, 0.15) is 11.9 Å². The fraction of sp³-hybridized carbons (Fsp3) is 0.600. The lowest BCUT2D eigenvalue weighted by molar-refractivity contribution is -0.0721. The van der Waals surface area contributed by atoms with Crippen LogP contribution in [0, 0.1) is 0 Å². The van der Waals surface area contributed by atoms with Crippen LogP contribution in [0.4, 0.5) is 0 Å². The normalized spacial score (nSPS) is 29.0. The molecule has 1 aliphatic rings. The van der Waals surface area contributed by atoms with Gasteiger partial charge in [0.05, 0.1) is 17.2 Å². The topological polar surface area (TPSA) is 44.5 Å². The maximum atomic E-state index is 6.25. The van der Waals surface area contributed by atoms with Gasteiger partial charge in [-0.3, -0.25) is 0 Å². The van der Waals surface area contributed by atoms with Crippen LogP contribution in [0.3, 0.4) is 0 Å². The van der Waals surface area contributed by atoms with Gasteiger partial charge >= 0.3 is 0 Å². The molecule has 2 rings (SSSR count). The van der Waals surface area contributed by atoms with Crippen LogP contribution < -0.4 is 10.5 Å². The largest absolute Gasteiger partial charge is 0.489 e. The average Bonchev–Trinajstić information content (AvgIpc) is 2.30. The number of hydrogen-bond acceptors (Lipinski definition) is 3. The zero-order chi connectivity index (χ0) is 14.0. The van der Waals surface area contributed by atoms with Gasteiger partial charge < -0.3 is 15.2 Å². The molecule has 0 saturated carbocycles. The third-order valence-electron chi connectivity index (χ3n) is 3.43. The molecule has 0 bridgehead atoms. The van der Waals surface area contributed by atoms with Crippen molar-refractivity contribution in [3.8, 4) is 5.75 Å². The molecule has 0 amide bonds. The quantitative estimate of drug-likeness (QED) is 0.920. The first-order valence-corrected chi connectivity index (χ1v) is 7.20. The summed E-state index contributed by atoms with van der Waals surface area (Å²) in [6.45, 7) is 6.09. The molecule has 0 aromatic heterocycles. The molecule has 1 saturated heterocycles. The second kappa shape index (κ2) is 6.12. The molecule has 1 aromatic carbocycles. The van der Waals surface area contributed by atoms with E-state index in [0.717, 1.165) is 24.2 Å². The summed E-state index contributed by atoms with van der Waals surface area (Å²) in [4.78, 5) is 0. The number of halogens is 1. The summed E-state index contributed by atoms with van der Waals surface area (Å²) in [6, 6.07) is 5.74. The average molecular weight is 284 g/mol. The van der Waals surface area contributed by atoms with Crippen molar-refractivity contribution in [2.45, 2.75) is 58.0 Å². The minimum Gasteiger partial charge on any atom is -0.489 e. The van der Waals surface area contributed by atoms with Gasteiger partial charge in [-0.1, -0.05) is 17.7 Å². The third-order valence-corrected chi connectivity index (χ3v) is 3.72. The zero-order valence-electron chi connectivity index (χ0n) is 11.7.